The van der Waals surface area contributed by atoms with Gasteiger partial charge in [-0.3, -0.25) is 0 Å². The van der Waals surface area contributed by atoms with Gasteiger partial charge in [0.15, 0.2) is 17.2 Å². The molecule has 3 aromatic carbocycles. The lowest BCUT2D eigenvalue weighted by molar-refractivity contribution is -0.129. The van der Waals surface area contributed by atoms with E-state index in [2.05, 4.69) is 4.99 Å². The van der Waals surface area contributed by atoms with E-state index in [0.717, 1.165) is 22.3 Å². The Bertz CT molecular complexity index is 1200. The predicted molar refractivity (Wildman–Crippen MR) is 121 cm³/mol. The van der Waals surface area contributed by atoms with Crippen molar-refractivity contribution in [1.82, 2.24) is 0 Å². The Morgan fingerprint density at radius 2 is 1.81 bits per heavy atom. The highest BCUT2D eigenvalue weighted by Gasteiger charge is 2.25. The summed E-state index contributed by atoms with van der Waals surface area (Å²) in [7, 11) is 1.56. The number of carbonyl (C=O) groups excluding carboxylic acids is 1. The zero-order chi connectivity index (χ0) is 21.8. The summed E-state index contributed by atoms with van der Waals surface area (Å²) in [5.41, 5.74) is 3.62. The smallest absolute Gasteiger partial charge is 0.363 e. The van der Waals surface area contributed by atoms with Gasteiger partial charge in [0.2, 0.25) is 5.90 Å². The van der Waals surface area contributed by atoms with Crippen LogP contribution in [0, 0.1) is 6.92 Å². The molecule has 5 nitrogen and oxygen atoms in total. The number of ether oxygens (including phenoxy) is 3. The summed E-state index contributed by atoms with van der Waals surface area (Å²) in [6, 6.07) is 20.5. The van der Waals surface area contributed by atoms with Crippen molar-refractivity contribution in [2.45, 2.75) is 13.5 Å². The highest BCUT2D eigenvalue weighted by molar-refractivity contribution is 6.31. The monoisotopic (exact) mass is 433 g/mol. The zero-order valence-electron chi connectivity index (χ0n) is 17.1. The number of hydrogen-bond donors (Lipinski definition) is 0. The van der Waals surface area contributed by atoms with Crippen molar-refractivity contribution in [2.24, 2.45) is 4.99 Å². The predicted octanol–water partition coefficient (Wildman–Crippen LogP) is 5.58. The molecule has 3 aromatic rings. The Morgan fingerprint density at radius 1 is 1.03 bits per heavy atom. The molecule has 0 amide bonds. The molecular weight excluding hydrogens is 414 g/mol. The quantitative estimate of drug-likeness (QED) is 0.376. The van der Waals surface area contributed by atoms with E-state index >= 15 is 0 Å². The number of aryl methyl sites for hydroxylation is 1. The first-order chi connectivity index (χ1) is 15.0. The molecule has 31 heavy (non-hydrogen) atoms. The van der Waals surface area contributed by atoms with Crippen LogP contribution in [0.25, 0.3) is 6.08 Å². The maximum atomic E-state index is 12.3. The van der Waals surface area contributed by atoms with Crippen LogP contribution in [0.1, 0.15) is 22.3 Å². The molecule has 6 heteroatoms. The summed E-state index contributed by atoms with van der Waals surface area (Å²) in [6.45, 7) is 2.26. The van der Waals surface area contributed by atoms with Crippen LogP contribution in [-0.4, -0.2) is 19.0 Å². The van der Waals surface area contributed by atoms with Crippen LogP contribution in [-0.2, 0) is 16.1 Å². The number of halogens is 1. The lowest BCUT2D eigenvalue weighted by Gasteiger charge is -2.12. The van der Waals surface area contributed by atoms with E-state index in [9.17, 15) is 4.79 Å². The summed E-state index contributed by atoms with van der Waals surface area (Å²) < 4.78 is 16.7. The molecule has 4 rings (SSSR count). The highest BCUT2D eigenvalue weighted by atomic mass is 35.5. The standard InChI is InChI=1S/C25H20ClNO4/c1-16-7-3-5-9-19(16)24-27-21(25(28)31-24)13-17-11-12-22(23(14-17)29-2)30-15-18-8-4-6-10-20(18)26/h3-14H,15H2,1-2H3/b21-13-. The largest absolute Gasteiger partial charge is 0.493 e. The fourth-order valence-electron chi connectivity index (χ4n) is 3.16. The summed E-state index contributed by atoms with van der Waals surface area (Å²) in [5, 5.41) is 0.643. The second-order valence-electron chi connectivity index (χ2n) is 6.94. The fraction of sp³-hybridized carbons (Fsp3) is 0.120. The van der Waals surface area contributed by atoms with Crippen LogP contribution < -0.4 is 9.47 Å². The van der Waals surface area contributed by atoms with Crippen molar-refractivity contribution in [3.05, 3.63) is 99.7 Å². The number of aliphatic imine (C=N–C) groups is 1. The number of cyclic esters (lactones) is 1. The Morgan fingerprint density at radius 3 is 2.58 bits per heavy atom. The summed E-state index contributed by atoms with van der Waals surface area (Å²) in [6.07, 6.45) is 1.66. The maximum Gasteiger partial charge on any atom is 0.363 e. The van der Waals surface area contributed by atoms with E-state index in [1.165, 1.54) is 0 Å². The van der Waals surface area contributed by atoms with Crippen molar-refractivity contribution in [1.29, 1.82) is 0 Å². The Balaban J connectivity index is 1.56. The molecule has 0 unspecified atom stereocenters. The van der Waals surface area contributed by atoms with Crippen molar-refractivity contribution in [3.8, 4) is 11.5 Å². The number of nitrogens with zero attached hydrogens (tertiary/aromatic N) is 1. The molecule has 1 aliphatic rings. The van der Waals surface area contributed by atoms with Crippen LogP contribution in [0.5, 0.6) is 11.5 Å². The first kappa shape index (κ1) is 20.7. The van der Waals surface area contributed by atoms with Gasteiger partial charge in [0.25, 0.3) is 0 Å². The van der Waals surface area contributed by atoms with Crippen LogP contribution in [0.15, 0.2) is 77.4 Å². The van der Waals surface area contributed by atoms with Gasteiger partial charge in [-0.25, -0.2) is 9.79 Å². The fourth-order valence-corrected chi connectivity index (χ4v) is 3.35. The van der Waals surface area contributed by atoms with Gasteiger partial charge in [0.1, 0.15) is 6.61 Å². The summed E-state index contributed by atoms with van der Waals surface area (Å²) in [4.78, 5) is 16.7. The number of benzene rings is 3. The van der Waals surface area contributed by atoms with Crippen molar-refractivity contribution in [3.63, 3.8) is 0 Å². The van der Waals surface area contributed by atoms with Gasteiger partial charge >= 0.3 is 5.97 Å². The minimum atomic E-state index is -0.490. The number of hydrogen-bond acceptors (Lipinski definition) is 5. The van der Waals surface area contributed by atoms with Crippen molar-refractivity contribution in [2.75, 3.05) is 7.11 Å². The molecule has 0 N–H and O–H groups in total. The Hall–Kier alpha value is -3.57. The SMILES string of the molecule is COc1cc(/C=C2\N=C(c3ccccc3C)OC2=O)ccc1OCc1ccccc1Cl. The molecule has 0 fully saturated rings. The third-order valence-corrected chi connectivity index (χ3v) is 5.20. The summed E-state index contributed by atoms with van der Waals surface area (Å²) in [5.74, 6) is 0.927. The van der Waals surface area contributed by atoms with E-state index in [1.807, 2.05) is 61.5 Å². The van der Waals surface area contributed by atoms with Gasteiger partial charge in [0.05, 0.1) is 7.11 Å². The van der Waals surface area contributed by atoms with Crippen LogP contribution in [0.3, 0.4) is 0 Å². The molecule has 0 bridgehead atoms. The molecule has 1 heterocycles. The third-order valence-electron chi connectivity index (χ3n) is 4.83. The molecule has 0 spiro atoms. The van der Waals surface area contributed by atoms with E-state index in [0.29, 0.717) is 29.0 Å². The molecule has 0 radical (unpaired) electrons. The average molecular weight is 434 g/mol. The van der Waals surface area contributed by atoms with Gasteiger partial charge in [-0.05, 0) is 48.4 Å². The third kappa shape index (κ3) is 4.62. The topological polar surface area (TPSA) is 57.1 Å². The Kier molecular flexibility index (Phi) is 6.05. The number of carbonyl (C=O) groups is 1. The molecule has 156 valence electrons. The van der Waals surface area contributed by atoms with E-state index < -0.39 is 5.97 Å². The maximum absolute atomic E-state index is 12.3. The molecule has 0 saturated heterocycles. The molecule has 1 aliphatic heterocycles. The lowest BCUT2D eigenvalue weighted by atomic mass is 10.1. The van der Waals surface area contributed by atoms with Crippen LogP contribution in [0.4, 0.5) is 0 Å². The molecule has 0 aliphatic carbocycles. The van der Waals surface area contributed by atoms with Crippen molar-refractivity contribution >= 4 is 29.5 Å². The summed E-state index contributed by atoms with van der Waals surface area (Å²) >= 11 is 6.19. The molecule has 0 atom stereocenters. The van der Waals surface area contributed by atoms with Gasteiger partial charge in [0, 0.05) is 16.1 Å². The normalized spacial score (nSPS) is 14.4. The minimum Gasteiger partial charge on any atom is -0.493 e. The van der Waals surface area contributed by atoms with Crippen LogP contribution >= 0.6 is 11.6 Å². The highest BCUT2D eigenvalue weighted by Crippen LogP contribution is 2.31. The van der Waals surface area contributed by atoms with Gasteiger partial charge in [-0.1, -0.05) is 54.1 Å². The average Bonchev–Trinajstić information content (AvgIpc) is 3.13. The molecular formula is C25H20ClNO4. The first-order valence-electron chi connectivity index (χ1n) is 9.68. The second-order valence-corrected chi connectivity index (χ2v) is 7.35. The van der Waals surface area contributed by atoms with Gasteiger partial charge < -0.3 is 14.2 Å². The second kappa shape index (κ2) is 9.06. The molecule has 0 aromatic heterocycles. The lowest BCUT2D eigenvalue weighted by Crippen LogP contribution is -2.06. The van der Waals surface area contributed by atoms with E-state index in [-0.39, 0.29) is 5.70 Å². The number of esters is 1. The first-order valence-corrected chi connectivity index (χ1v) is 10.1. The molecule has 0 saturated carbocycles. The van der Waals surface area contributed by atoms with Crippen LogP contribution in [0.2, 0.25) is 5.02 Å². The number of rotatable bonds is 6. The van der Waals surface area contributed by atoms with Crippen molar-refractivity contribution < 1.29 is 19.0 Å². The zero-order valence-corrected chi connectivity index (χ0v) is 17.8. The van der Waals surface area contributed by atoms with E-state index in [1.54, 1.807) is 25.3 Å². The Labute approximate surface area is 185 Å². The van der Waals surface area contributed by atoms with Gasteiger partial charge in [-0.15, -0.1) is 0 Å². The van der Waals surface area contributed by atoms with E-state index in [4.69, 9.17) is 25.8 Å². The number of methoxy groups -OCH3 is 1. The minimum absolute atomic E-state index is 0.227. The van der Waals surface area contributed by atoms with Gasteiger partial charge in [-0.2, -0.15) is 0 Å².